The second kappa shape index (κ2) is 9.14. The van der Waals surface area contributed by atoms with Gasteiger partial charge in [-0.25, -0.2) is 0 Å². The molecule has 0 saturated heterocycles. The number of para-hydroxylation sites is 1. The zero-order valence-electron chi connectivity index (χ0n) is 15.3. The van der Waals surface area contributed by atoms with E-state index in [1.54, 1.807) is 12.1 Å². The summed E-state index contributed by atoms with van der Waals surface area (Å²) in [5.41, 5.74) is 3.32. The molecule has 0 unspecified atom stereocenters. The van der Waals surface area contributed by atoms with Crippen LogP contribution in [0.1, 0.15) is 31.1 Å². The number of benzene rings is 2. The van der Waals surface area contributed by atoms with Crippen LogP contribution in [0.25, 0.3) is 17.0 Å². The lowest BCUT2D eigenvalue weighted by molar-refractivity contribution is -0.384. The minimum absolute atomic E-state index is 0. The van der Waals surface area contributed by atoms with Crippen molar-refractivity contribution in [1.82, 2.24) is 4.57 Å². The van der Waals surface area contributed by atoms with Crippen molar-refractivity contribution in [3.63, 3.8) is 0 Å². The van der Waals surface area contributed by atoms with Gasteiger partial charge in [-0.05, 0) is 43.7 Å². The van der Waals surface area contributed by atoms with Gasteiger partial charge in [-0.1, -0.05) is 30.4 Å². The van der Waals surface area contributed by atoms with E-state index in [2.05, 4.69) is 47.7 Å². The van der Waals surface area contributed by atoms with Crippen molar-refractivity contribution in [3.05, 3.63) is 82.0 Å². The summed E-state index contributed by atoms with van der Waals surface area (Å²) in [6.45, 7) is 4.88. The van der Waals surface area contributed by atoms with E-state index in [0.717, 1.165) is 11.3 Å². The molecule has 1 aromatic heterocycles. The summed E-state index contributed by atoms with van der Waals surface area (Å²) in [7, 11) is 0. The summed E-state index contributed by atoms with van der Waals surface area (Å²) in [5.74, 6) is 0. The van der Waals surface area contributed by atoms with Crippen molar-refractivity contribution < 1.29 is 4.92 Å². The lowest BCUT2D eigenvalue weighted by Gasteiger charge is -2.12. The number of fused-ring (bicyclic) bond motifs is 1. The molecule has 0 N–H and O–H groups in total. The van der Waals surface area contributed by atoms with E-state index in [1.807, 2.05) is 24.4 Å². The predicted molar refractivity (Wildman–Crippen MR) is 114 cm³/mol. The first-order valence-corrected chi connectivity index (χ1v) is 8.57. The van der Waals surface area contributed by atoms with Crippen molar-refractivity contribution >= 4 is 41.3 Å². The van der Waals surface area contributed by atoms with Gasteiger partial charge in [0.25, 0.3) is 5.69 Å². The zero-order valence-corrected chi connectivity index (χ0v) is 16.1. The Hall–Kier alpha value is -2.92. The van der Waals surface area contributed by atoms with Crippen LogP contribution in [0.3, 0.4) is 0 Å². The van der Waals surface area contributed by atoms with Crippen molar-refractivity contribution in [2.75, 3.05) is 6.54 Å². The average Bonchev–Trinajstić information content (AvgIpc) is 3.00. The SMILES string of the molecule is CC(C)n1c(C=NC/C=C/c2ccc([N+](=O)[O-])cc2)cc2ccccc21.Cl. The molecule has 0 radical (unpaired) electrons. The molecule has 5 nitrogen and oxygen atoms in total. The van der Waals surface area contributed by atoms with E-state index in [-0.39, 0.29) is 18.1 Å². The van der Waals surface area contributed by atoms with Gasteiger partial charge in [0.05, 0.1) is 17.2 Å². The maximum Gasteiger partial charge on any atom is 0.269 e. The first-order chi connectivity index (χ1) is 12.6. The summed E-state index contributed by atoms with van der Waals surface area (Å²) >= 11 is 0. The molecule has 0 aliphatic heterocycles. The zero-order chi connectivity index (χ0) is 18.5. The minimum atomic E-state index is -0.397. The van der Waals surface area contributed by atoms with Gasteiger partial charge in [-0.3, -0.25) is 15.1 Å². The van der Waals surface area contributed by atoms with Gasteiger partial charge in [-0.2, -0.15) is 0 Å². The first-order valence-electron chi connectivity index (χ1n) is 8.57. The third kappa shape index (κ3) is 4.83. The number of nitrogens with zero attached hydrogens (tertiary/aromatic N) is 3. The third-order valence-electron chi connectivity index (χ3n) is 4.14. The Labute approximate surface area is 164 Å². The van der Waals surface area contributed by atoms with E-state index < -0.39 is 4.92 Å². The van der Waals surface area contributed by atoms with E-state index >= 15 is 0 Å². The highest BCUT2D eigenvalue weighted by Gasteiger charge is 2.09. The molecule has 0 spiro atoms. The monoisotopic (exact) mass is 383 g/mol. The second-order valence-electron chi connectivity index (χ2n) is 6.34. The summed E-state index contributed by atoms with van der Waals surface area (Å²) in [4.78, 5) is 14.8. The molecule has 3 rings (SSSR count). The van der Waals surface area contributed by atoms with Crippen molar-refractivity contribution in [1.29, 1.82) is 0 Å². The standard InChI is InChI=1S/C21H21N3O2.ClH/c1-16(2)23-20(14-18-7-3-4-8-21(18)23)15-22-13-5-6-17-9-11-19(12-10-17)24(25)26;/h3-12,14-16H,13H2,1-2H3;1H/b6-5+,22-15?;. The number of aliphatic imine (C=N–C) groups is 1. The van der Waals surface area contributed by atoms with Gasteiger partial charge in [-0.15, -0.1) is 12.4 Å². The Morgan fingerprint density at radius 2 is 1.85 bits per heavy atom. The molecular formula is C21H22ClN3O2. The molecule has 0 amide bonds. The Kier molecular flexibility index (Phi) is 6.91. The molecule has 0 aliphatic carbocycles. The lowest BCUT2D eigenvalue weighted by atomic mass is 10.2. The van der Waals surface area contributed by atoms with Crippen LogP contribution in [-0.2, 0) is 0 Å². The first kappa shape index (κ1) is 20.4. The minimum Gasteiger partial charge on any atom is -0.337 e. The summed E-state index contributed by atoms with van der Waals surface area (Å²) < 4.78 is 2.28. The van der Waals surface area contributed by atoms with Gasteiger partial charge in [0.2, 0.25) is 0 Å². The maximum atomic E-state index is 10.7. The van der Waals surface area contributed by atoms with Gasteiger partial charge >= 0.3 is 0 Å². The van der Waals surface area contributed by atoms with Gasteiger partial charge in [0, 0.05) is 35.3 Å². The van der Waals surface area contributed by atoms with Crippen LogP contribution in [0, 0.1) is 10.1 Å². The number of nitro groups is 1. The number of aromatic nitrogens is 1. The van der Waals surface area contributed by atoms with Gasteiger partial charge in [0.1, 0.15) is 0 Å². The highest BCUT2D eigenvalue weighted by atomic mass is 35.5. The van der Waals surface area contributed by atoms with Crippen LogP contribution in [0.15, 0.2) is 65.7 Å². The largest absolute Gasteiger partial charge is 0.337 e. The number of nitro benzene ring substituents is 1. The van der Waals surface area contributed by atoms with Crippen LogP contribution >= 0.6 is 12.4 Å². The van der Waals surface area contributed by atoms with Crippen LogP contribution in [0.4, 0.5) is 5.69 Å². The lowest BCUT2D eigenvalue weighted by Crippen LogP contribution is -2.04. The topological polar surface area (TPSA) is 60.4 Å². The summed E-state index contributed by atoms with van der Waals surface area (Å²) in [5, 5.41) is 11.9. The normalized spacial score (nSPS) is 11.5. The van der Waals surface area contributed by atoms with Crippen molar-refractivity contribution in [2.24, 2.45) is 4.99 Å². The molecule has 0 fully saturated rings. The van der Waals surface area contributed by atoms with Gasteiger partial charge < -0.3 is 4.57 Å². The van der Waals surface area contributed by atoms with E-state index in [4.69, 9.17) is 0 Å². The fraction of sp³-hybridized carbons (Fsp3) is 0.190. The molecule has 27 heavy (non-hydrogen) atoms. The Morgan fingerprint density at radius 3 is 2.52 bits per heavy atom. The number of non-ortho nitro benzene ring substituents is 1. The molecule has 0 aliphatic rings. The van der Waals surface area contributed by atoms with Crippen LogP contribution in [-0.4, -0.2) is 22.2 Å². The summed E-state index contributed by atoms with van der Waals surface area (Å²) in [6, 6.07) is 17.3. The summed E-state index contributed by atoms with van der Waals surface area (Å²) in [6.07, 6.45) is 5.76. The molecular weight excluding hydrogens is 362 g/mol. The van der Waals surface area contributed by atoms with E-state index in [9.17, 15) is 10.1 Å². The molecule has 0 atom stereocenters. The number of hydrogen-bond donors (Lipinski definition) is 0. The average molecular weight is 384 g/mol. The predicted octanol–water partition coefficient (Wildman–Crippen LogP) is 5.68. The Bertz CT molecular complexity index is 973. The quantitative estimate of drug-likeness (QED) is 0.312. The molecule has 6 heteroatoms. The molecule has 3 aromatic rings. The fourth-order valence-corrected chi connectivity index (χ4v) is 2.98. The van der Waals surface area contributed by atoms with Crippen LogP contribution < -0.4 is 0 Å². The third-order valence-corrected chi connectivity index (χ3v) is 4.14. The number of hydrogen-bond acceptors (Lipinski definition) is 3. The molecule has 1 heterocycles. The van der Waals surface area contributed by atoms with E-state index in [1.165, 1.54) is 23.0 Å². The van der Waals surface area contributed by atoms with Crippen LogP contribution in [0.2, 0.25) is 0 Å². The highest BCUT2D eigenvalue weighted by molar-refractivity contribution is 5.90. The van der Waals surface area contributed by atoms with Crippen LogP contribution in [0.5, 0.6) is 0 Å². The Balaban J connectivity index is 0.00000261. The molecule has 0 saturated carbocycles. The second-order valence-corrected chi connectivity index (χ2v) is 6.34. The molecule has 140 valence electrons. The molecule has 2 aromatic carbocycles. The molecule has 0 bridgehead atoms. The Morgan fingerprint density at radius 1 is 1.15 bits per heavy atom. The number of rotatable bonds is 6. The van der Waals surface area contributed by atoms with Crippen molar-refractivity contribution in [2.45, 2.75) is 19.9 Å². The van der Waals surface area contributed by atoms with Gasteiger partial charge in [0.15, 0.2) is 0 Å². The highest BCUT2D eigenvalue weighted by Crippen LogP contribution is 2.23. The fourth-order valence-electron chi connectivity index (χ4n) is 2.98. The van der Waals surface area contributed by atoms with E-state index in [0.29, 0.717) is 12.6 Å². The smallest absolute Gasteiger partial charge is 0.269 e. The maximum absolute atomic E-state index is 10.7. The van der Waals surface area contributed by atoms with Crippen molar-refractivity contribution in [3.8, 4) is 0 Å². The number of halogens is 1.